The third kappa shape index (κ3) is 2.20. The third-order valence-electron chi connectivity index (χ3n) is 4.56. The Kier molecular flexibility index (Phi) is 3.08. The fourth-order valence-electron chi connectivity index (χ4n) is 3.43. The normalized spacial score (nSPS) is 29.9. The molecule has 0 radical (unpaired) electrons. The van der Waals surface area contributed by atoms with E-state index >= 15 is 0 Å². The Bertz CT molecular complexity index is 365. The highest BCUT2D eigenvalue weighted by atomic mass is 15.2. The van der Waals surface area contributed by atoms with Crippen LogP contribution in [-0.2, 0) is 0 Å². The molecule has 2 aliphatic rings. The SMILES string of the molecule is CC1CCCC1Nc1nccn1C1CCCC1. The van der Waals surface area contributed by atoms with Crippen LogP contribution in [0, 0.1) is 5.92 Å². The largest absolute Gasteiger partial charge is 0.353 e. The first-order chi connectivity index (χ1) is 8.34. The van der Waals surface area contributed by atoms with Crippen molar-refractivity contribution in [1.29, 1.82) is 0 Å². The molecule has 1 aromatic heterocycles. The van der Waals surface area contributed by atoms with Gasteiger partial charge in [0.1, 0.15) is 0 Å². The van der Waals surface area contributed by atoms with Gasteiger partial charge in [0.15, 0.2) is 0 Å². The van der Waals surface area contributed by atoms with Crippen LogP contribution in [0.2, 0.25) is 0 Å². The van der Waals surface area contributed by atoms with Crippen molar-refractivity contribution >= 4 is 5.95 Å². The molecular weight excluding hydrogens is 210 g/mol. The maximum Gasteiger partial charge on any atom is 0.203 e. The Hall–Kier alpha value is -0.990. The van der Waals surface area contributed by atoms with Crippen LogP contribution in [0.4, 0.5) is 5.95 Å². The lowest BCUT2D eigenvalue weighted by Crippen LogP contribution is -2.24. The average Bonchev–Trinajstić information content (AvgIpc) is 3.02. The van der Waals surface area contributed by atoms with Crippen molar-refractivity contribution in [3.8, 4) is 0 Å². The highest BCUT2D eigenvalue weighted by Crippen LogP contribution is 2.33. The maximum atomic E-state index is 4.51. The van der Waals surface area contributed by atoms with E-state index in [1.165, 1.54) is 44.9 Å². The summed E-state index contributed by atoms with van der Waals surface area (Å²) in [7, 11) is 0. The van der Waals surface area contributed by atoms with E-state index in [1.807, 2.05) is 6.20 Å². The van der Waals surface area contributed by atoms with Gasteiger partial charge in [0.25, 0.3) is 0 Å². The fraction of sp³-hybridized carbons (Fsp3) is 0.786. The van der Waals surface area contributed by atoms with Crippen LogP contribution < -0.4 is 5.32 Å². The first-order valence-corrected chi connectivity index (χ1v) is 7.14. The van der Waals surface area contributed by atoms with E-state index in [1.54, 1.807) is 0 Å². The van der Waals surface area contributed by atoms with Crippen molar-refractivity contribution in [3.05, 3.63) is 12.4 Å². The molecule has 3 rings (SSSR count). The smallest absolute Gasteiger partial charge is 0.203 e. The first kappa shape index (κ1) is 11.1. The van der Waals surface area contributed by atoms with Crippen LogP contribution in [0.25, 0.3) is 0 Å². The second-order valence-electron chi connectivity index (χ2n) is 5.76. The molecule has 1 heterocycles. The minimum atomic E-state index is 0.637. The monoisotopic (exact) mass is 233 g/mol. The van der Waals surface area contributed by atoms with E-state index in [2.05, 4.69) is 28.0 Å². The first-order valence-electron chi connectivity index (χ1n) is 7.14. The van der Waals surface area contributed by atoms with Crippen LogP contribution in [0.1, 0.15) is 57.9 Å². The second-order valence-corrected chi connectivity index (χ2v) is 5.76. The predicted molar refractivity (Wildman–Crippen MR) is 70.2 cm³/mol. The third-order valence-corrected chi connectivity index (χ3v) is 4.56. The van der Waals surface area contributed by atoms with E-state index in [0.717, 1.165) is 11.9 Å². The summed E-state index contributed by atoms with van der Waals surface area (Å²) in [5.41, 5.74) is 0. The van der Waals surface area contributed by atoms with Crippen LogP contribution in [0.15, 0.2) is 12.4 Å². The van der Waals surface area contributed by atoms with Gasteiger partial charge in [0.2, 0.25) is 5.95 Å². The summed E-state index contributed by atoms with van der Waals surface area (Å²) in [5, 5.41) is 3.67. The number of aromatic nitrogens is 2. The van der Waals surface area contributed by atoms with Gasteiger partial charge in [-0.05, 0) is 31.6 Å². The molecule has 1 N–H and O–H groups in total. The fourth-order valence-corrected chi connectivity index (χ4v) is 3.43. The summed E-state index contributed by atoms with van der Waals surface area (Å²) in [4.78, 5) is 4.51. The van der Waals surface area contributed by atoms with Gasteiger partial charge in [-0.15, -0.1) is 0 Å². The molecule has 2 atom stereocenters. The van der Waals surface area contributed by atoms with E-state index in [9.17, 15) is 0 Å². The molecule has 2 aliphatic carbocycles. The van der Waals surface area contributed by atoms with E-state index in [-0.39, 0.29) is 0 Å². The number of anilines is 1. The van der Waals surface area contributed by atoms with Crippen molar-refractivity contribution < 1.29 is 0 Å². The number of hydrogen-bond donors (Lipinski definition) is 1. The molecule has 2 unspecified atom stereocenters. The molecule has 1 aromatic rings. The molecule has 0 aromatic carbocycles. The van der Waals surface area contributed by atoms with E-state index < -0.39 is 0 Å². The van der Waals surface area contributed by atoms with Gasteiger partial charge in [-0.25, -0.2) is 4.98 Å². The standard InChI is InChI=1S/C14H23N3/c1-11-5-4-8-13(11)16-14-15-9-10-17(14)12-6-2-3-7-12/h9-13H,2-8H2,1H3,(H,15,16). The van der Waals surface area contributed by atoms with Gasteiger partial charge >= 0.3 is 0 Å². The molecule has 0 spiro atoms. The summed E-state index contributed by atoms with van der Waals surface area (Å²) < 4.78 is 2.37. The Balaban J connectivity index is 1.72. The van der Waals surface area contributed by atoms with Crippen molar-refractivity contribution in [2.24, 2.45) is 5.92 Å². The molecule has 2 saturated carbocycles. The van der Waals surface area contributed by atoms with Gasteiger partial charge < -0.3 is 9.88 Å². The molecule has 3 nitrogen and oxygen atoms in total. The predicted octanol–water partition coefficient (Wildman–Crippen LogP) is 3.60. The summed E-state index contributed by atoms with van der Waals surface area (Å²) in [6.45, 7) is 2.35. The lowest BCUT2D eigenvalue weighted by Gasteiger charge is -2.21. The minimum absolute atomic E-state index is 0.637. The topological polar surface area (TPSA) is 29.9 Å². The van der Waals surface area contributed by atoms with E-state index in [4.69, 9.17) is 0 Å². The molecule has 0 amide bonds. The van der Waals surface area contributed by atoms with Gasteiger partial charge in [-0.2, -0.15) is 0 Å². The van der Waals surface area contributed by atoms with Crippen LogP contribution in [0.5, 0.6) is 0 Å². The van der Waals surface area contributed by atoms with Crippen LogP contribution >= 0.6 is 0 Å². The number of nitrogens with zero attached hydrogens (tertiary/aromatic N) is 2. The molecule has 0 bridgehead atoms. The van der Waals surface area contributed by atoms with E-state index in [0.29, 0.717) is 12.1 Å². The number of nitrogens with one attached hydrogen (secondary N) is 1. The average molecular weight is 233 g/mol. The summed E-state index contributed by atoms with van der Waals surface area (Å²) in [6.07, 6.45) is 13.5. The Morgan fingerprint density at radius 3 is 2.71 bits per heavy atom. The molecule has 17 heavy (non-hydrogen) atoms. The van der Waals surface area contributed by atoms with Crippen molar-refractivity contribution in [1.82, 2.24) is 9.55 Å². The van der Waals surface area contributed by atoms with Gasteiger partial charge in [-0.3, -0.25) is 0 Å². The Morgan fingerprint density at radius 1 is 1.18 bits per heavy atom. The summed E-state index contributed by atoms with van der Waals surface area (Å²) in [6, 6.07) is 1.33. The van der Waals surface area contributed by atoms with Crippen LogP contribution in [0.3, 0.4) is 0 Å². The molecule has 2 fully saturated rings. The zero-order valence-corrected chi connectivity index (χ0v) is 10.7. The molecule has 0 aliphatic heterocycles. The Morgan fingerprint density at radius 2 is 2.00 bits per heavy atom. The van der Waals surface area contributed by atoms with Crippen molar-refractivity contribution in [2.45, 2.75) is 64.0 Å². The number of hydrogen-bond acceptors (Lipinski definition) is 2. The molecule has 0 saturated heterocycles. The molecule has 3 heteroatoms. The zero-order chi connectivity index (χ0) is 11.7. The second kappa shape index (κ2) is 4.71. The Labute approximate surface area is 104 Å². The number of imidazole rings is 1. The number of rotatable bonds is 3. The highest BCUT2D eigenvalue weighted by Gasteiger charge is 2.26. The lowest BCUT2D eigenvalue weighted by molar-refractivity contribution is 0.506. The lowest BCUT2D eigenvalue weighted by atomic mass is 10.1. The zero-order valence-electron chi connectivity index (χ0n) is 10.7. The maximum absolute atomic E-state index is 4.51. The van der Waals surface area contributed by atoms with Gasteiger partial charge in [0.05, 0.1) is 0 Å². The minimum Gasteiger partial charge on any atom is -0.353 e. The van der Waals surface area contributed by atoms with Crippen molar-refractivity contribution in [3.63, 3.8) is 0 Å². The summed E-state index contributed by atoms with van der Waals surface area (Å²) in [5.74, 6) is 1.90. The molecular formula is C14H23N3. The highest BCUT2D eigenvalue weighted by molar-refractivity contribution is 5.29. The van der Waals surface area contributed by atoms with Gasteiger partial charge in [-0.1, -0.05) is 26.2 Å². The molecule has 94 valence electrons. The van der Waals surface area contributed by atoms with Crippen molar-refractivity contribution in [2.75, 3.05) is 5.32 Å². The van der Waals surface area contributed by atoms with Crippen LogP contribution in [-0.4, -0.2) is 15.6 Å². The van der Waals surface area contributed by atoms with Gasteiger partial charge in [0, 0.05) is 24.5 Å². The quantitative estimate of drug-likeness (QED) is 0.864. The summed E-state index contributed by atoms with van der Waals surface area (Å²) >= 11 is 0.